The molecular formula is C15H16N2O2. The van der Waals surface area contributed by atoms with Crippen molar-refractivity contribution >= 4 is 12.0 Å². The predicted molar refractivity (Wildman–Crippen MR) is 71.7 cm³/mol. The van der Waals surface area contributed by atoms with Gasteiger partial charge in [0.25, 0.3) is 5.91 Å². The molecule has 1 amide bonds. The average molecular weight is 256 g/mol. The van der Waals surface area contributed by atoms with Gasteiger partial charge < -0.3 is 0 Å². The van der Waals surface area contributed by atoms with Crippen LogP contribution in [0.15, 0.2) is 30.3 Å². The first-order valence-electron chi connectivity index (χ1n) is 6.42. The minimum atomic E-state index is -0.283. The van der Waals surface area contributed by atoms with Crippen LogP contribution in [0, 0.1) is 11.3 Å². The standard InChI is InChI=1S/C15H16N2O2/c16-11-13-5-3-4-12(10-13)8-9-15(18)17-19-14-6-1-2-7-14/h3-5,8-10,14H,1-2,6-7H2,(H,17,18)/b9-8+. The number of carbonyl (C=O) groups is 1. The zero-order valence-corrected chi connectivity index (χ0v) is 10.6. The van der Waals surface area contributed by atoms with Crippen LogP contribution in [-0.2, 0) is 9.63 Å². The van der Waals surface area contributed by atoms with Crippen molar-refractivity contribution in [2.75, 3.05) is 0 Å². The number of hydroxylamine groups is 1. The van der Waals surface area contributed by atoms with Crippen molar-refractivity contribution in [3.05, 3.63) is 41.5 Å². The van der Waals surface area contributed by atoms with Crippen molar-refractivity contribution in [1.29, 1.82) is 5.26 Å². The number of nitrogens with one attached hydrogen (secondary N) is 1. The van der Waals surface area contributed by atoms with Crippen molar-refractivity contribution in [2.45, 2.75) is 31.8 Å². The minimum Gasteiger partial charge on any atom is -0.270 e. The Hall–Kier alpha value is -2.12. The number of benzene rings is 1. The summed E-state index contributed by atoms with van der Waals surface area (Å²) in [7, 11) is 0. The number of nitriles is 1. The Morgan fingerprint density at radius 1 is 1.42 bits per heavy atom. The molecule has 1 saturated carbocycles. The molecular weight excluding hydrogens is 240 g/mol. The summed E-state index contributed by atoms with van der Waals surface area (Å²) < 4.78 is 0. The van der Waals surface area contributed by atoms with E-state index < -0.39 is 0 Å². The maximum absolute atomic E-state index is 11.5. The molecule has 4 heteroatoms. The van der Waals surface area contributed by atoms with E-state index in [1.165, 1.54) is 6.08 Å². The summed E-state index contributed by atoms with van der Waals surface area (Å²) in [5, 5.41) is 8.77. The van der Waals surface area contributed by atoms with Gasteiger partial charge in [-0.2, -0.15) is 5.26 Å². The molecule has 0 radical (unpaired) electrons. The summed E-state index contributed by atoms with van der Waals surface area (Å²) in [5.41, 5.74) is 3.82. The maximum Gasteiger partial charge on any atom is 0.267 e. The predicted octanol–water partition coefficient (Wildman–Crippen LogP) is 2.56. The molecule has 19 heavy (non-hydrogen) atoms. The first kappa shape index (κ1) is 13.3. The van der Waals surface area contributed by atoms with Gasteiger partial charge in [0.15, 0.2) is 0 Å². The Morgan fingerprint density at radius 2 is 2.21 bits per heavy atom. The highest BCUT2D eigenvalue weighted by Gasteiger charge is 2.16. The molecule has 1 aliphatic carbocycles. The lowest BCUT2D eigenvalue weighted by Gasteiger charge is -2.09. The van der Waals surface area contributed by atoms with Crippen molar-refractivity contribution in [1.82, 2.24) is 5.48 Å². The van der Waals surface area contributed by atoms with Crippen molar-refractivity contribution < 1.29 is 9.63 Å². The highest BCUT2D eigenvalue weighted by molar-refractivity contribution is 5.90. The fourth-order valence-corrected chi connectivity index (χ4v) is 2.07. The second-order valence-electron chi connectivity index (χ2n) is 4.56. The summed E-state index contributed by atoms with van der Waals surface area (Å²) >= 11 is 0. The Balaban J connectivity index is 1.83. The molecule has 0 aliphatic heterocycles. The Bertz CT molecular complexity index is 511. The van der Waals surface area contributed by atoms with Gasteiger partial charge in [0, 0.05) is 6.08 Å². The van der Waals surface area contributed by atoms with Crippen LogP contribution in [0.5, 0.6) is 0 Å². The van der Waals surface area contributed by atoms with Crippen molar-refractivity contribution in [2.24, 2.45) is 0 Å². The molecule has 98 valence electrons. The number of nitrogens with zero attached hydrogens (tertiary/aromatic N) is 1. The highest BCUT2D eigenvalue weighted by Crippen LogP contribution is 2.19. The van der Waals surface area contributed by atoms with E-state index in [-0.39, 0.29) is 12.0 Å². The lowest BCUT2D eigenvalue weighted by atomic mass is 10.1. The van der Waals surface area contributed by atoms with Gasteiger partial charge in [-0.1, -0.05) is 25.0 Å². The van der Waals surface area contributed by atoms with Gasteiger partial charge in [0.05, 0.1) is 17.7 Å². The molecule has 1 aliphatic rings. The minimum absolute atomic E-state index is 0.152. The van der Waals surface area contributed by atoms with Gasteiger partial charge in [0.1, 0.15) is 0 Å². The Kier molecular flexibility index (Phi) is 4.71. The monoisotopic (exact) mass is 256 g/mol. The topological polar surface area (TPSA) is 62.1 Å². The SMILES string of the molecule is N#Cc1cccc(/C=C/C(=O)NOC2CCCC2)c1. The summed E-state index contributed by atoms with van der Waals surface area (Å²) in [4.78, 5) is 16.8. The lowest BCUT2D eigenvalue weighted by Crippen LogP contribution is -2.26. The van der Waals surface area contributed by atoms with E-state index >= 15 is 0 Å². The van der Waals surface area contributed by atoms with E-state index in [0.717, 1.165) is 31.2 Å². The van der Waals surface area contributed by atoms with Gasteiger partial charge in [-0.05, 0) is 36.6 Å². The van der Waals surface area contributed by atoms with Crippen molar-refractivity contribution in [3.63, 3.8) is 0 Å². The second kappa shape index (κ2) is 6.72. The van der Waals surface area contributed by atoms with Gasteiger partial charge in [-0.25, -0.2) is 5.48 Å². The van der Waals surface area contributed by atoms with E-state index in [1.54, 1.807) is 24.3 Å². The number of hydrogen-bond acceptors (Lipinski definition) is 3. The summed E-state index contributed by atoms with van der Waals surface area (Å²) in [5.74, 6) is -0.283. The van der Waals surface area contributed by atoms with Crippen LogP contribution in [0.3, 0.4) is 0 Å². The molecule has 1 aromatic rings. The molecule has 1 N–H and O–H groups in total. The number of amides is 1. The normalized spacial score (nSPS) is 15.5. The molecule has 0 heterocycles. The van der Waals surface area contributed by atoms with Crippen LogP contribution < -0.4 is 5.48 Å². The zero-order chi connectivity index (χ0) is 13.5. The van der Waals surface area contributed by atoms with E-state index in [4.69, 9.17) is 10.1 Å². The molecule has 0 unspecified atom stereocenters. The van der Waals surface area contributed by atoms with Crippen LogP contribution in [0.4, 0.5) is 0 Å². The van der Waals surface area contributed by atoms with Gasteiger partial charge in [-0.3, -0.25) is 9.63 Å². The molecule has 0 spiro atoms. The number of carbonyl (C=O) groups excluding carboxylic acids is 1. The number of rotatable bonds is 4. The van der Waals surface area contributed by atoms with Crippen LogP contribution in [0.25, 0.3) is 6.08 Å². The molecule has 0 aromatic heterocycles. The quantitative estimate of drug-likeness (QED) is 0.665. The first-order valence-corrected chi connectivity index (χ1v) is 6.42. The summed E-state index contributed by atoms with van der Waals surface area (Å²) in [6.45, 7) is 0. The summed E-state index contributed by atoms with van der Waals surface area (Å²) in [6, 6.07) is 9.12. The maximum atomic E-state index is 11.5. The summed E-state index contributed by atoms with van der Waals surface area (Å²) in [6.07, 6.45) is 7.57. The van der Waals surface area contributed by atoms with Gasteiger partial charge in [0.2, 0.25) is 0 Å². The molecule has 1 aromatic carbocycles. The third-order valence-electron chi connectivity index (χ3n) is 3.07. The zero-order valence-electron chi connectivity index (χ0n) is 10.6. The molecule has 0 atom stereocenters. The Labute approximate surface area is 112 Å². The fourth-order valence-electron chi connectivity index (χ4n) is 2.07. The lowest BCUT2D eigenvalue weighted by molar-refractivity contribution is -0.132. The van der Waals surface area contributed by atoms with E-state index in [0.29, 0.717) is 5.56 Å². The fraction of sp³-hybridized carbons (Fsp3) is 0.333. The average Bonchev–Trinajstić information content (AvgIpc) is 2.96. The van der Waals surface area contributed by atoms with Crippen LogP contribution in [0.1, 0.15) is 36.8 Å². The Morgan fingerprint density at radius 3 is 2.95 bits per heavy atom. The van der Waals surface area contributed by atoms with Gasteiger partial charge >= 0.3 is 0 Å². The van der Waals surface area contributed by atoms with Crippen LogP contribution in [-0.4, -0.2) is 12.0 Å². The van der Waals surface area contributed by atoms with Crippen LogP contribution in [0.2, 0.25) is 0 Å². The molecule has 2 rings (SSSR count). The van der Waals surface area contributed by atoms with Crippen molar-refractivity contribution in [3.8, 4) is 6.07 Å². The van der Waals surface area contributed by atoms with Crippen LogP contribution >= 0.6 is 0 Å². The largest absolute Gasteiger partial charge is 0.270 e. The van der Waals surface area contributed by atoms with E-state index in [2.05, 4.69) is 11.5 Å². The molecule has 4 nitrogen and oxygen atoms in total. The number of hydrogen-bond donors (Lipinski definition) is 1. The smallest absolute Gasteiger partial charge is 0.267 e. The molecule has 0 saturated heterocycles. The second-order valence-corrected chi connectivity index (χ2v) is 4.56. The highest BCUT2D eigenvalue weighted by atomic mass is 16.7. The first-order chi connectivity index (χ1) is 9.28. The van der Waals surface area contributed by atoms with Gasteiger partial charge in [-0.15, -0.1) is 0 Å². The van der Waals surface area contributed by atoms with E-state index in [9.17, 15) is 4.79 Å². The van der Waals surface area contributed by atoms with E-state index in [1.807, 2.05) is 6.07 Å². The third kappa shape index (κ3) is 4.23. The molecule has 0 bridgehead atoms. The third-order valence-corrected chi connectivity index (χ3v) is 3.07. The molecule has 1 fully saturated rings.